The lowest BCUT2D eigenvalue weighted by atomic mass is 10.1. The van der Waals surface area contributed by atoms with Gasteiger partial charge in [-0.25, -0.2) is 8.42 Å². The minimum Gasteiger partial charge on any atom is -0.493 e. The number of nitrogens with zero attached hydrogens (tertiary/aromatic N) is 3. The molecule has 2 aliphatic rings. The molecular weight excluding hydrogens is 366 g/mol. The summed E-state index contributed by atoms with van der Waals surface area (Å²) in [4.78, 5) is 8.20. The fraction of sp³-hybridized carbons (Fsp3) is 0.375. The van der Waals surface area contributed by atoms with Gasteiger partial charge in [0.05, 0.1) is 30.5 Å². The van der Waals surface area contributed by atoms with Crippen LogP contribution in [-0.2, 0) is 16.4 Å². The van der Waals surface area contributed by atoms with Gasteiger partial charge < -0.3 is 9.47 Å². The van der Waals surface area contributed by atoms with Crippen molar-refractivity contribution in [3.63, 3.8) is 0 Å². The van der Waals surface area contributed by atoms with E-state index < -0.39 is 10.0 Å². The Morgan fingerprint density at radius 3 is 2.96 bits per heavy atom. The molecule has 1 saturated heterocycles. The Kier molecular flexibility index (Phi) is 4.26. The molecule has 9 heteroatoms. The zero-order valence-corrected chi connectivity index (χ0v) is 14.8. The maximum atomic E-state index is 12.7. The zero-order valence-electron chi connectivity index (χ0n) is 13.3. The minimum atomic E-state index is -3.47. The lowest BCUT2D eigenvalue weighted by Crippen LogP contribution is -2.51. The van der Waals surface area contributed by atoms with E-state index in [9.17, 15) is 8.42 Å². The van der Waals surface area contributed by atoms with Crippen LogP contribution in [0.25, 0.3) is 0 Å². The third-order valence-electron chi connectivity index (χ3n) is 4.27. The molecule has 2 aliphatic heterocycles. The van der Waals surface area contributed by atoms with E-state index in [0.717, 1.165) is 17.7 Å². The number of hydrogen-bond acceptors (Lipinski definition) is 6. The molecule has 0 aliphatic carbocycles. The third kappa shape index (κ3) is 3.29. The van der Waals surface area contributed by atoms with Crippen molar-refractivity contribution in [2.75, 3.05) is 26.3 Å². The number of benzene rings is 1. The first-order valence-electron chi connectivity index (χ1n) is 7.88. The predicted molar refractivity (Wildman–Crippen MR) is 90.4 cm³/mol. The zero-order chi connectivity index (χ0) is 17.4. The normalized spacial score (nSPS) is 17.6. The maximum absolute atomic E-state index is 12.7. The van der Waals surface area contributed by atoms with Crippen LogP contribution in [0, 0.1) is 5.92 Å². The molecule has 0 amide bonds. The van der Waals surface area contributed by atoms with Crippen LogP contribution in [0.15, 0.2) is 35.5 Å². The van der Waals surface area contributed by atoms with E-state index >= 15 is 0 Å². The van der Waals surface area contributed by atoms with Crippen molar-refractivity contribution in [1.82, 2.24) is 14.3 Å². The quantitative estimate of drug-likeness (QED) is 0.785. The highest BCUT2D eigenvalue weighted by Crippen LogP contribution is 2.31. The lowest BCUT2D eigenvalue weighted by Gasteiger charge is -2.37. The van der Waals surface area contributed by atoms with Gasteiger partial charge in [0.25, 0.3) is 0 Å². The van der Waals surface area contributed by atoms with Gasteiger partial charge >= 0.3 is 0 Å². The van der Waals surface area contributed by atoms with Gasteiger partial charge in [-0.15, -0.1) is 0 Å². The Hall–Kier alpha value is -1.90. The van der Waals surface area contributed by atoms with Crippen LogP contribution in [-0.4, -0.2) is 49.0 Å². The summed E-state index contributed by atoms with van der Waals surface area (Å²) in [6.45, 7) is 1.82. The second kappa shape index (κ2) is 6.44. The summed E-state index contributed by atoms with van der Waals surface area (Å²) >= 11 is 5.75. The van der Waals surface area contributed by atoms with Crippen LogP contribution >= 0.6 is 11.6 Å². The Morgan fingerprint density at radius 1 is 1.32 bits per heavy atom. The fourth-order valence-electron chi connectivity index (χ4n) is 2.89. The van der Waals surface area contributed by atoms with Crippen LogP contribution in [0.3, 0.4) is 0 Å². The molecule has 1 aromatic heterocycles. The second-order valence-corrected chi connectivity index (χ2v) is 8.37. The van der Waals surface area contributed by atoms with Crippen molar-refractivity contribution in [1.29, 1.82) is 0 Å². The topological polar surface area (TPSA) is 81.6 Å². The van der Waals surface area contributed by atoms with Gasteiger partial charge in [-0.2, -0.15) is 9.29 Å². The summed E-state index contributed by atoms with van der Waals surface area (Å²) < 4.78 is 37.8. The Bertz CT molecular complexity index is 900. The van der Waals surface area contributed by atoms with Crippen molar-refractivity contribution < 1.29 is 17.9 Å². The first-order valence-corrected chi connectivity index (χ1v) is 9.70. The average Bonchev–Trinajstić information content (AvgIpc) is 3.01. The Labute approximate surface area is 150 Å². The Morgan fingerprint density at radius 2 is 2.16 bits per heavy atom. The van der Waals surface area contributed by atoms with Crippen LogP contribution in [0.5, 0.6) is 11.6 Å². The maximum Gasteiger partial charge on any atom is 0.243 e. The molecule has 2 aromatic rings. The van der Waals surface area contributed by atoms with Gasteiger partial charge in [0, 0.05) is 25.4 Å². The molecule has 132 valence electrons. The van der Waals surface area contributed by atoms with Crippen molar-refractivity contribution in [2.24, 2.45) is 5.92 Å². The molecule has 0 radical (unpaired) electrons. The molecule has 0 unspecified atom stereocenters. The number of hydrogen-bond donors (Lipinski definition) is 0. The molecule has 1 fully saturated rings. The highest BCUT2D eigenvalue weighted by molar-refractivity contribution is 7.89. The molecule has 3 heterocycles. The Balaban J connectivity index is 1.36. The van der Waals surface area contributed by atoms with Crippen LogP contribution in [0.4, 0.5) is 0 Å². The summed E-state index contributed by atoms with van der Waals surface area (Å²) in [6, 6.07) is 5.04. The standard InChI is InChI=1S/C16H16ClN3O4S/c17-15-6-18-7-16(19-15)24-10-11-8-20(9-11)25(21,22)13-1-2-14-12(5-13)3-4-23-14/h1-2,5-7,11H,3-4,8-10H2. The van der Waals surface area contributed by atoms with Gasteiger partial charge in [-0.3, -0.25) is 4.98 Å². The van der Waals surface area contributed by atoms with Gasteiger partial charge in [0.2, 0.25) is 15.9 Å². The monoisotopic (exact) mass is 381 g/mol. The molecule has 0 bridgehead atoms. The SMILES string of the molecule is O=S(=O)(c1ccc2c(c1)CCO2)N1CC(COc2cncc(Cl)n2)C1. The molecule has 0 spiro atoms. The number of halogens is 1. The largest absolute Gasteiger partial charge is 0.493 e. The van der Waals surface area contributed by atoms with Gasteiger partial charge in [-0.1, -0.05) is 11.6 Å². The predicted octanol–water partition coefficient (Wildman–Crippen LogP) is 1.76. The molecule has 0 atom stereocenters. The molecule has 4 rings (SSSR count). The number of aromatic nitrogens is 2. The first kappa shape index (κ1) is 16.6. The number of sulfonamides is 1. The van der Waals surface area contributed by atoms with Crippen LogP contribution in [0.1, 0.15) is 5.56 Å². The minimum absolute atomic E-state index is 0.119. The number of ether oxygens (including phenoxy) is 2. The molecule has 0 saturated carbocycles. The lowest BCUT2D eigenvalue weighted by molar-refractivity contribution is 0.126. The summed E-state index contributed by atoms with van der Waals surface area (Å²) in [6.07, 6.45) is 3.65. The highest BCUT2D eigenvalue weighted by Gasteiger charge is 2.37. The summed E-state index contributed by atoms with van der Waals surface area (Å²) in [5.41, 5.74) is 0.945. The molecule has 0 N–H and O–H groups in total. The van der Waals surface area contributed by atoms with E-state index in [1.54, 1.807) is 18.2 Å². The number of fused-ring (bicyclic) bond motifs is 1. The van der Waals surface area contributed by atoms with E-state index in [4.69, 9.17) is 21.1 Å². The molecular formula is C16H16ClN3O4S. The van der Waals surface area contributed by atoms with E-state index in [2.05, 4.69) is 9.97 Å². The second-order valence-electron chi connectivity index (χ2n) is 6.05. The third-order valence-corrected chi connectivity index (χ3v) is 6.28. The van der Waals surface area contributed by atoms with Gasteiger partial charge in [0.1, 0.15) is 5.75 Å². The van der Waals surface area contributed by atoms with E-state index in [1.165, 1.54) is 16.7 Å². The van der Waals surface area contributed by atoms with E-state index in [1.807, 2.05) is 0 Å². The van der Waals surface area contributed by atoms with Crippen LogP contribution < -0.4 is 9.47 Å². The van der Waals surface area contributed by atoms with Gasteiger partial charge in [0.15, 0.2) is 5.15 Å². The van der Waals surface area contributed by atoms with Crippen molar-refractivity contribution in [3.05, 3.63) is 41.3 Å². The van der Waals surface area contributed by atoms with E-state index in [-0.39, 0.29) is 11.1 Å². The van der Waals surface area contributed by atoms with Gasteiger partial charge in [-0.05, 0) is 23.8 Å². The van der Waals surface area contributed by atoms with Crippen molar-refractivity contribution in [3.8, 4) is 11.6 Å². The summed E-state index contributed by atoms with van der Waals surface area (Å²) in [7, 11) is -3.47. The average molecular weight is 382 g/mol. The van der Waals surface area contributed by atoms with Crippen LogP contribution in [0.2, 0.25) is 5.15 Å². The van der Waals surface area contributed by atoms with Crippen molar-refractivity contribution >= 4 is 21.6 Å². The molecule has 7 nitrogen and oxygen atoms in total. The fourth-order valence-corrected chi connectivity index (χ4v) is 4.68. The molecule has 1 aromatic carbocycles. The molecule has 25 heavy (non-hydrogen) atoms. The summed E-state index contributed by atoms with van der Waals surface area (Å²) in [5, 5.41) is 0.260. The number of rotatable bonds is 5. The van der Waals surface area contributed by atoms with E-state index in [0.29, 0.717) is 37.1 Å². The van der Waals surface area contributed by atoms with Crippen molar-refractivity contribution in [2.45, 2.75) is 11.3 Å². The smallest absolute Gasteiger partial charge is 0.243 e. The highest BCUT2D eigenvalue weighted by atomic mass is 35.5. The first-order chi connectivity index (χ1) is 12.0. The summed E-state index contributed by atoms with van der Waals surface area (Å²) in [5.74, 6) is 1.23.